The molecule has 3 aromatic carbocycles. The molecule has 0 aliphatic carbocycles. The molecule has 30 heavy (non-hydrogen) atoms. The fourth-order valence-electron chi connectivity index (χ4n) is 3.52. The van der Waals surface area contributed by atoms with Crippen molar-refractivity contribution in [2.24, 2.45) is 5.92 Å². The maximum Gasteiger partial charge on any atom is 0.123 e. The van der Waals surface area contributed by atoms with Crippen molar-refractivity contribution < 1.29 is 9.84 Å². The first-order valence-electron chi connectivity index (χ1n) is 10.8. The van der Waals surface area contributed by atoms with Gasteiger partial charge in [0.15, 0.2) is 0 Å². The van der Waals surface area contributed by atoms with Gasteiger partial charge in [-0.3, -0.25) is 0 Å². The first kappa shape index (κ1) is 21.9. The minimum absolute atomic E-state index is 0.317. The van der Waals surface area contributed by atoms with Crippen LogP contribution in [0.2, 0.25) is 0 Å². The van der Waals surface area contributed by atoms with Crippen LogP contribution < -0.4 is 10.1 Å². The highest BCUT2D eigenvalue weighted by molar-refractivity contribution is 5.74. The maximum atomic E-state index is 10.1. The van der Waals surface area contributed by atoms with Crippen LogP contribution in [0.25, 0.3) is 11.1 Å². The normalized spacial score (nSPS) is 11.1. The Morgan fingerprint density at radius 1 is 0.833 bits per heavy atom. The summed E-state index contributed by atoms with van der Waals surface area (Å²) in [4.78, 5) is 0. The van der Waals surface area contributed by atoms with Gasteiger partial charge in [0.2, 0.25) is 0 Å². The standard InChI is InChI=1S/C27H33NO2/c1-19(2)15-16-28-17-22-11-13-23(14-12-22)18-30-27-10-6-8-25(21(27)4)24-7-5-9-26(29)20(24)3/h5-14,19,28-29H,15-18H2,1-4H3. The summed E-state index contributed by atoms with van der Waals surface area (Å²) in [6.45, 7) is 11.0. The first-order valence-corrected chi connectivity index (χ1v) is 10.8. The molecule has 3 rings (SSSR count). The first-order chi connectivity index (χ1) is 14.5. The summed E-state index contributed by atoms with van der Waals surface area (Å²) in [6.07, 6.45) is 1.20. The van der Waals surface area contributed by atoms with Gasteiger partial charge in [0, 0.05) is 6.54 Å². The highest BCUT2D eigenvalue weighted by Crippen LogP contribution is 2.35. The third kappa shape index (κ3) is 5.64. The van der Waals surface area contributed by atoms with Gasteiger partial charge in [0.25, 0.3) is 0 Å². The van der Waals surface area contributed by atoms with Gasteiger partial charge >= 0.3 is 0 Å². The largest absolute Gasteiger partial charge is 0.508 e. The zero-order valence-corrected chi connectivity index (χ0v) is 18.5. The molecule has 0 bridgehead atoms. The molecule has 0 heterocycles. The van der Waals surface area contributed by atoms with Gasteiger partial charge in [0.1, 0.15) is 18.1 Å². The average Bonchev–Trinajstić information content (AvgIpc) is 2.73. The molecule has 0 aliphatic rings. The lowest BCUT2D eigenvalue weighted by Gasteiger charge is -2.15. The van der Waals surface area contributed by atoms with Crippen molar-refractivity contribution in [2.45, 2.75) is 47.3 Å². The number of benzene rings is 3. The molecular weight excluding hydrogens is 370 g/mol. The summed E-state index contributed by atoms with van der Waals surface area (Å²) in [5.41, 5.74) is 6.53. The summed E-state index contributed by atoms with van der Waals surface area (Å²) in [7, 11) is 0. The van der Waals surface area contributed by atoms with E-state index >= 15 is 0 Å². The number of aromatic hydroxyl groups is 1. The van der Waals surface area contributed by atoms with Crippen LogP contribution in [0.1, 0.15) is 42.5 Å². The van der Waals surface area contributed by atoms with Crippen LogP contribution >= 0.6 is 0 Å². The fraction of sp³-hybridized carbons (Fsp3) is 0.333. The van der Waals surface area contributed by atoms with Crippen LogP contribution in [-0.2, 0) is 13.2 Å². The second-order valence-corrected chi connectivity index (χ2v) is 8.34. The van der Waals surface area contributed by atoms with Gasteiger partial charge < -0.3 is 15.2 Å². The van der Waals surface area contributed by atoms with Crippen LogP contribution in [0.4, 0.5) is 0 Å². The smallest absolute Gasteiger partial charge is 0.123 e. The highest BCUT2D eigenvalue weighted by atomic mass is 16.5. The van der Waals surface area contributed by atoms with Gasteiger partial charge in [-0.15, -0.1) is 0 Å². The van der Waals surface area contributed by atoms with Crippen molar-refractivity contribution in [2.75, 3.05) is 6.54 Å². The second-order valence-electron chi connectivity index (χ2n) is 8.34. The molecule has 0 atom stereocenters. The lowest BCUT2D eigenvalue weighted by Crippen LogP contribution is -2.16. The Balaban J connectivity index is 1.63. The number of nitrogens with one attached hydrogen (secondary N) is 1. The monoisotopic (exact) mass is 403 g/mol. The van der Waals surface area contributed by atoms with Crippen LogP contribution in [0.5, 0.6) is 11.5 Å². The third-order valence-corrected chi connectivity index (χ3v) is 5.52. The van der Waals surface area contributed by atoms with Crippen molar-refractivity contribution in [1.82, 2.24) is 5.32 Å². The van der Waals surface area contributed by atoms with E-state index < -0.39 is 0 Å². The van der Waals surface area contributed by atoms with E-state index in [1.165, 1.54) is 12.0 Å². The van der Waals surface area contributed by atoms with Crippen LogP contribution in [0, 0.1) is 19.8 Å². The van der Waals surface area contributed by atoms with Gasteiger partial charge in [-0.25, -0.2) is 0 Å². The summed E-state index contributed by atoms with van der Waals surface area (Å²) < 4.78 is 6.14. The summed E-state index contributed by atoms with van der Waals surface area (Å²) in [5.74, 6) is 1.92. The van der Waals surface area contributed by atoms with Crippen molar-refractivity contribution in [1.29, 1.82) is 0 Å². The topological polar surface area (TPSA) is 41.5 Å². The minimum atomic E-state index is 0.317. The molecule has 0 fully saturated rings. The Morgan fingerprint density at radius 2 is 1.47 bits per heavy atom. The third-order valence-electron chi connectivity index (χ3n) is 5.52. The van der Waals surface area contributed by atoms with Gasteiger partial charge in [0.05, 0.1) is 0 Å². The SMILES string of the molecule is Cc1c(O)cccc1-c1cccc(OCc2ccc(CNCCC(C)C)cc2)c1C. The molecule has 3 heteroatoms. The van der Waals surface area contributed by atoms with E-state index in [9.17, 15) is 5.11 Å². The molecule has 0 spiro atoms. The van der Waals surface area contributed by atoms with Crippen LogP contribution in [0.3, 0.4) is 0 Å². The van der Waals surface area contributed by atoms with Crippen LogP contribution in [-0.4, -0.2) is 11.7 Å². The predicted octanol–water partition coefficient (Wildman–Crippen LogP) is 6.39. The van der Waals surface area contributed by atoms with Crippen LogP contribution in [0.15, 0.2) is 60.7 Å². The van der Waals surface area contributed by atoms with Gasteiger partial charge in [-0.1, -0.05) is 62.4 Å². The minimum Gasteiger partial charge on any atom is -0.508 e. The molecule has 0 saturated carbocycles. The second kappa shape index (κ2) is 10.3. The van der Waals surface area contributed by atoms with E-state index in [1.807, 2.05) is 31.2 Å². The van der Waals surface area contributed by atoms with E-state index in [-0.39, 0.29) is 0 Å². The predicted molar refractivity (Wildman–Crippen MR) is 125 cm³/mol. The Kier molecular flexibility index (Phi) is 7.53. The zero-order valence-electron chi connectivity index (χ0n) is 18.5. The molecule has 158 valence electrons. The lowest BCUT2D eigenvalue weighted by atomic mass is 9.95. The fourth-order valence-corrected chi connectivity index (χ4v) is 3.52. The average molecular weight is 404 g/mol. The van der Waals surface area contributed by atoms with E-state index in [0.29, 0.717) is 12.4 Å². The number of rotatable bonds is 9. The number of hydrogen-bond donors (Lipinski definition) is 2. The molecule has 3 aromatic rings. The Bertz CT molecular complexity index is 961. The maximum absolute atomic E-state index is 10.1. The Morgan fingerprint density at radius 3 is 2.17 bits per heavy atom. The van der Waals surface area contributed by atoms with Crippen molar-refractivity contribution in [3.8, 4) is 22.6 Å². The van der Waals surface area contributed by atoms with E-state index in [4.69, 9.17) is 4.74 Å². The number of ether oxygens (including phenoxy) is 1. The summed E-state index contributed by atoms with van der Waals surface area (Å²) in [5, 5.41) is 13.6. The van der Waals surface area contributed by atoms with E-state index in [1.54, 1.807) is 6.07 Å². The van der Waals surface area contributed by atoms with Crippen molar-refractivity contribution in [3.63, 3.8) is 0 Å². The molecule has 0 unspecified atom stereocenters. The zero-order chi connectivity index (χ0) is 21.5. The summed E-state index contributed by atoms with van der Waals surface area (Å²) in [6, 6.07) is 20.3. The molecule has 0 amide bonds. The molecular formula is C27H33NO2. The van der Waals surface area contributed by atoms with Crippen molar-refractivity contribution in [3.05, 3.63) is 82.9 Å². The quantitative estimate of drug-likeness (QED) is 0.407. The molecule has 0 aromatic heterocycles. The molecule has 0 aliphatic heterocycles. The van der Waals surface area contributed by atoms with E-state index in [0.717, 1.165) is 52.6 Å². The van der Waals surface area contributed by atoms with Crippen molar-refractivity contribution >= 4 is 0 Å². The Hall–Kier alpha value is -2.78. The number of phenols is 1. The summed E-state index contributed by atoms with van der Waals surface area (Å²) >= 11 is 0. The number of phenolic OH excluding ortho intramolecular Hbond substituents is 1. The lowest BCUT2D eigenvalue weighted by molar-refractivity contribution is 0.304. The molecule has 0 saturated heterocycles. The molecule has 2 N–H and O–H groups in total. The molecule has 3 nitrogen and oxygen atoms in total. The Labute approximate surface area is 180 Å². The molecule has 0 radical (unpaired) electrons. The van der Waals surface area contributed by atoms with E-state index in [2.05, 4.69) is 56.4 Å². The number of hydrogen-bond acceptors (Lipinski definition) is 3. The highest BCUT2D eigenvalue weighted by Gasteiger charge is 2.11. The van der Waals surface area contributed by atoms with Gasteiger partial charge in [-0.2, -0.15) is 0 Å². The van der Waals surface area contributed by atoms with Gasteiger partial charge in [-0.05, 0) is 78.2 Å².